The Morgan fingerprint density at radius 2 is 1.96 bits per heavy atom. The van der Waals surface area contributed by atoms with E-state index in [1.807, 2.05) is 25.1 Å². The summed E-state index contributed by atoms with van der Waals surface area (Å²) in [5.41, 5.74) is 4.15. The topological polar surface area (TPSA) is 63.4 Å². The maximum Gasteiger partial charge on any atom is 0.264 e. The van der Waals surface area contributed by atoms with E-state index in [1.54, 1.807) is 25.1 Å². The number of alkyl halides is 1. The molecule has 1 aromatic heterocycles. The van der Waals surface area contributed by atoms with E-state index in [2.05, 4.69) is 5.16 Å². The van der Waals surface area contributed by atoms with Crippen LogP contribution in [0.1, 0.15) is 28.8 Å². The molecule has 0 bridgehead atoms. The third-order valence-corrected chi connectivity index (χ3v) is 7.06. The summed E-state index contributed by atoms with van der Waals surface area (Å²) in [5, 5.41) is 3.65. The minimum atomic E-state index is -3.76. The molecule has 0 N–H and O–H groups in total. The summed E-state index contributed by atoms with van der Waals surface area (Å²) in [4.78, 5) is 0.222. The fourth-order valence-corrected chi connectivity index (χ4v) is 5.56. The van der Waals surface area contributed by atoms with Crippen LogP contribution in [0.5, 0.6) is 0 Å². The highest BCUT2D eigenvalue weighted by atomic mass is 32.2. The lowest BCUT2D eigenvalue weighted by atomic mass is 10.0. The number of hydrogen-bond acceptors (Lipinski definition) is 4. The average molecular weight is 400 g/mol. The van der Waals surface area contributed by atoms with Crippen molar-refractivity contribution >= 4 is 15.7 Å². The minimum Gasteiger partial charge on any atom is -0.356 e. The molecular weight excluding hydrogens is 379 g/mol. The third-order valence-electron chi connectivity index (χ3n) is 5.11. The molecule has 0 radical (unpaired) electrons. The fourth-order valence-electron chi connectivity index (χ4n) is 3.70. The molecule has 0 aliphatic carbocycles. The van der Waals surface area contributed by atoms with Crippen molar-refractivity contribution in [2.45, 2.75) is 38.3 Å². The van der Waals surface area contributed by atoms with Crippen LogP contribution >= 0.6 is 0 Å². The Bertz CT molecular complexity index is 1140. The zero-order chi connectivity index (χ0) is 19.9. The monoisotopic (exact) mass is 400 g/mol. The van der Waals surface area contributed by atoms with E-state index in [1.165, 1.54) is 10.4 Å². The van der Waals surface area contributed by atoms with Gasteiger partial charge in [0.25, 0.3) is 10.0 Å². The molecule has 0 atom stereocenters. The summed E-state index contributed by atoms with van der Waals surface area (Å²) >= 11 is 0. The first-order valence-corrected chi connectivity index (χ1v) is 10.6. The van der Waals surface area contributed by atoms with E-state index in [4.69, 9.17) is 4.52 Å². The number of fused-ring (bicyclic) bond motifs is 1. The molecule has 0 amide bonds. The van der Waals surface area contributed by atoms with Crippen molar-refractivity contribution in [3.63, 3.8) is 0 Å². The van der Waals surface area contributed by atoms with Crippen LogP contribution in [0.15, 0.2) is 51.9 Å². The van der Waals surface area contributed by atoms with Crippen molar-refractivity contribution in [3.05, 3.63) is 64.8 Å². The van der Waals surface area contributed by atoms with Gasteiger partial charge in [-0.05, 0) is 49.4 Å². The Balaban J connectivity index is 1.82. The van der Waals surface area contributed by atoms with E-state index < -0.39 is 16.7 Å². The number of sulfonamides is 1. The number of benzene rings is 2. The summed E-state index contributed by atoms with van der Waals surface area (Å²) < 4.78 is 46.6. The summed E-state index contributed by atoms with van der Waals surface area (Å²) in [6.45, 7) is 3.41. The van der Waals surface area contributed by atoms with E-state index in [0.29, 0.717) is 23.4 Å². The van der Waals surface area contributed by atoms with Crippen molar-refractivity contribution in [2.75, 3.05) is 10.8 Å². The van der Waals surface area contributed by atoms with Crippen molar-refractivity contribution in [2.24, 2.45) is 0 Å². The molecule has 146 valence electrons. The molecule has 4 rings (SSSR count). The Hall–Kier alpha value is -2.67. The number of aromatic nitrogens is 1. The van der Waals surface area contributed by atoms with Gasteiger partial charge in [-0.2, -0.15) is 0 Å². The molecule has 28 heavy (non-hydrogen) atoms. The van der Waals surface area contributed by atoms with Crippen LogP contribution in [-0.4, -0.2) is 20.1 Å². The van der Waals surface area contributed by atoms with Gasteiger partial charge in [-0.3, -0.25) is 4.31 Å². The summed E-state index contributed by atoms with van der Waals surface area (Å²) in [5.74, 6) is 0.347. The lowest BCUT2D eigenvalue weighted by Gasteiger charge is -2.32. The quantitative estimate of drug-likeness (QED) is 0.644. The number of halogens is 1. The standard InChI is InChI=1S/C21H21FN2O3S/c1-14-8-9-17(19-12-18(13-22)23-27-19)11-20(14)28(25,26)24-10-4-7-16-6-3-5-15(2)21(16)24/h3,5-6,8-9,11-12H,4,7,10,13H2,1-2H3. The molecule has 5 nitrogen and oxygen atoms in total. The van der Waals surface area contributed by atoms with Crippen molar-refractivity contribution in [3.8, 4) is 11.3 Å². The zero-order valence-electron chi connectivity index (χ0n) is 15.8. The molecule has 2 heterocycles. The predicted octanol–water partition coefficient (Wildman–Crippen LogP) is 4.57. The van der Waals surface area contributed by atoms with Crippen LogP contribution in [-0.2, 0) is 23.1 Å². The Morgan fingerprint density at radius 1 is 1.14 bits per heavy atom. The SMILES string of the molecule is Cc1ccc(-c2cc(CF)no2)cc1S(=O)(=O)N1CCCc2cccc(C)c21. The summed E-state index contributed by atoms with van der Waals surface area (Å²) in [7, 11) is -3.76. The van der Waals surface area contributed by atoms with E-state index in [0.717, 1.165) is 29.7 Å². The first kappa shape index (κ1) is 18.7. The maximum absolute atomic E-state index is 13.6. The van der Waals surface area contributed by atoms with Gasteiger partial charge in [-0.1, -0.05) is 35.5 Å². The number of hydrogen-bond donors (Lipinski definition) is 0. The largest absolute Gasteiger partial charge is 0.356 e. The first-order chi connectivity index (χ1) is 13.4. The molecule has 0 spiro atoms. The van der Waals surface area contributed by atoms with E-state index >= 15 is 0 Å². The second kappa shape index (κ2) is 7.05. The molecule has 0 fully saturated rings. The number of rotatable bonds is 4. The van der Waals surface area contributed by atoms with Gasteiger partial charge in [0, 0.05) is 18.2 Å². The molecule has 0 unspecified atom stereocenters. The van der Waals surface area contributed by atoms with Crippen molar-refractivity contribution < 1.29 is 17.3 Å². The van der Waals surface area contributed by atoms with Crippen LogP contribution in [0.3, 0.4) is 0 Å². The van der Waals surface area contributed by atoms with Gasteiger partial charge in [0.05, 0.1) is 10.6 Å². The average Bonchev–Trinajstić information content (AvgIpc) is 3.17. The first-order valence-electron chi connectivity index (χ1n) is 9.15. The second-order valence-corrected chi connectivity index (χ2v) is 8.89. The molecule has 0 saturated heterocycles. The normalized spacial score (nSPS) is 14.2. The highest BCUT2D eigenvalue weighted by molar-refractivity contribution is 7.92. The lowest BCUT2D eigenvalue weighted by molar-refractivity contribution is 0.396. The molecule has 1 aliphatic heterocycles. The number of para-hydroxylation sites is 1. The Morgan fingerprint density at radius 3 is 2.71 bits per heavy atom. The maximum atomic E-state index is 13.6. The van der Waals surface area contributed by atoms with E-state index in [9.17, 15) is 12.8 Å². The predicted molar refractivity (Wildman–Crippen MR) is 106 cm³/mol. The highest BCUT2D eigenvalue weighted by Crippen LogP contribution is 2.36. The Kier molecular flexibility index (Phi) is 4.71. The fraction of sp³-hybridized carbons (Fsp3) is 0.286. The molecule has 2 aromatic carbocycles. The van der Waals surface area contributed by atoms with Gasteiger partial charge in [-0.15, -0.1) is 0 Å². The van der Waals surface area contributed by atoms with E-state index in [-0.39, 0.29) is 10.6 Å². The van der Waals surface area contributed by atoms with Gasteiger partial charge in [-0.25, -0.2) is 12.8 Å². The summed E-state index contributed by atoms with van der Waals surface area (Å²) in [6, 6.07) is 12.4. The van der Waals surface area contributed by atoms with Crippen molar-refractivity contribution in [1.29, 1.82) is 0 Å². The van der Waals surface area contributed by atoms with Gasteiger partial charge in [0.2, 0.25) is 0 Å². The number of anilines is 1. The highest BCUT2D eigenvalue weighted by Gasteiger charge is 2.31. The third kappa shape index (κ3) is 3.09. The summed E-state index contributed by atoms with van der Waals surface area (Å²) in [6.07, 6.45) is 1.64. The van der Waals surface area contributed by atoms with Gasteiger partial charge in [0.1, 0.15) is 12.4 Å². The van der Waals surface area contributed by atoms with Gasteiger partial charge < -0.3 is 4.52 Å². The van der Waals surface area contributed by atoms with Gasteiger partial charge in [0.15, 0.2) is 5.76 Å². The smallest absolute Gasteiger partial charge is 0.264 e. The number of nitrogens with zero attached hydrogens (tertiary/aromatic N) is 2. The van der Waals surface area contributed by atoms with Gasteiger partial charge >= 0.3 is 0 Å². The zero-order valence-corrected chi connectivity index (χ0v) is 16.6. The van der Waals surface area contributed by atoms with Crippen LogP contribution in [0, 0.1) is 13.8 Å². The second-order valence-electron chi connectivity index (χ2n) is 7.06. The van der Waals surface area contributed by atoms with Crippen molar-refractivity contribution in [1.82, 2.24) is 5.16 Å². The Labute approximate surface area is 163 Å². The minimum absolute atomic E-state index is 0.181. The molecule has 0 saturated carbocycles. The molecule has 3 aromatic rings. The van der Waals surface area contributed by atoms with Crippen LogP contribution in [0.25, 0.3) is 11.3 Å². The molecule has 1 aliphatic rings. The number of aryl methyl sites for hydroxylation is 3. The molecular formula is C21H21FN2O3S. The lowest BCUT2D eigenvalue weighted by Crippen LogP contribution is -2.36. The van der Waals surface area contributed by atoms with Crippen LogP contribution in [0.2, 0.25) is 0 Å². The van der Waals surface area contributed by atoms with Crippen LogP contribution < -0.4 is 4.31 Å². The molecule has 7 heteroatoms. The van der Waals surface area contributed by atoms with Crippen LogP contribution in [0.4, 0.5) is 10.1 Å².